The van der Waals surface area contributed by atoms with Gasteiger partial charge in [0.1, 0.15) is 5.82 Å². The summed E-state index contributed by atoms with van der Waals surface area (Å²) in [5.41, 5.74) is 2.54. The van der Waals surface area contributed by atoms with Crippen LogP contribution in [0.5, 0.6) is 0 Å². The highest BCUT2D eigenvalue weighted by molar-refractivity contribution is 9.10. The van der Waals surface area contributed by atoms with Crippen LogP contribution in [0, 0.1) is 19.7 Å². The highest BCUT2D eigenvalue weighted by atomic mass is 79.9. The highest BCUT2D eigenvalue weighted by Crippen LogP contribution is 2.22. The molecule has 0 spiro atoms. The standard InChI is InChI=1S/C20H15BrFN5O2/c1-11-16(20(28)24-18-8-5-14(21)9-17(18)22)10-27(25-11)15-6-3-13(4-7-15)19-23-12(2)29-26-19/h3-10H,1-2H3,(H,24,28). The molecular formula is C20H15BrFN5O2. The van der Waals surface area contributed by atoms with E-state index in [1.54, 1.807) is 30.8 Å². The lowest BCUT2D eigenvalue weighted by molar-refractivity contribution is 0.102. The van der Waals surface area contributed by atoms with Gasteiger partial charge in [0, 0.05) is 23.2 Å². The van der Waals surface area contributed by atoms with E-state index in [0.717, 1.165) is 11.3 Å². The van der Waals surface area contributed by atoms with Crippen molar-refractivity contribution in [3.63, 3.8) is 0 Å². The van der Waals surface area contributed by atoms with E-state index in [1.807, 2.05) is 24.3 Å². The van der Waals surface area contributed by atoms with Crippen molar-refractivity contribution < 1.29 is 13.7 Å². The van der Waals surface area contributed by atoms with Crippen molar-refractivity contribution in [1.82, 2.24) is 19.9 Å². The lowest BCUT2D eigenvalue weighted by atomic mass is 10.2. The molecule has 1 N–H and O–H groups in total. The van der Waals surface area contributed by atoms with Gasteiger partial charge >= 0.3 is 0 Å². The molecule has 0 saturated carbocycles. The molecule has 0 aliphatic rings. The van der Waals surface area contributed by atoms with Crippen molar-refractivity contribution in [2.45, 2.75) is 13.8 Å². The smallest absolute Gasteiger partial charge is 0.259 e. The average Bonchev–Trinajstić information content (AvgIpc) is 3.30. The topological polar surface area (TPSA) is 85.8 Å². The van der Waals surface area contributed by atoms with Gasteiger partial charge in [-0.1, -0.05) is 21.1 Å². The first kappa shape index (κ1) is 19.0. The third-order valence-corrected chi connectivity index (χ3v) is 4.73. The molecule has 0 bridgehead atoms. The SMILES string of the molecule is Cc1nc(-c2ccc(-n3cc(C(=O)Nc4ccc(Br)cc4F)c(C)n3)cc2)no1. The van der Waals surface area contributed by atoms with Crippen molar-refractivity contribution >= 4 is 27.5 Å². The molecular weight excluding hydrogens is 441 g/mol. The molecule has 0 fully saturated rings. The first-order valence-electron chi connectivity index (χ1n) is 8.64. The molecule has 9 heteroatoms. The number of hydrogen-bond donors (Lipinski definition) is 1. The molecule has 0 aliphatic heterocycles. The van der Waals surface area contributed by atoms with Gasteiger partial charge in [0.25, 0.3) is 5.91 Å². The molecule has 0 radical (unpaired) electrons. The van der Waals surface area contributed by atoms with Gasteiger partial charge in [0.15, 0.2) is 0 Å². The minimum Gasteiger partial charge on any atom is -0.339 e. The molecule has 0 aliphatic carbocycles. The number of amides is 1. The van der Waals surface area contributed by atoms with E-state index in [1.165, 1.54) is 12.1 Å². The zero-order valence-electron chi connectivity index (χ0n) is 15.5. The minimum atomic E-state index is -0.523. The second-order valence-electron chi connectivity index (χ2n) is 6.33. The maximum atomic E-state index is 14.0. The summed E-state index contributed by atoms with van der Waals surface area (Å²) in [4.78, 5) is 16.8. The van der Waals surface area contributed by atoms with Crippen LogP contribution in [0.1, 0.15) is 21.9 Å². The summed E-state index contributed by atoms with van der Waals surface area (Å²) in [5, 5.41) is 10.9. The number of carbonyl (C=O) groups excluding carboxylic acids is 1. The first-order valence-corrected chi connectivity index (χ1v) is 9.44. The molecule has 146 valence electrons. The van der Waals surface area contributed by atoms with Gasteiger partial charge in [-0.2, -0.15) is 10.1 Å². The van der Waals surface area contributed by atoms with Gasteiger partial charge < -0.3 is 9.84 Å². The van der Waals surface area contributed by atoms with E-state index in [0.29, 0.717) is 27.4 Å². The number of aryl methyl sites for hydroxylation is 2. The van der Waals surface area contributed by atoms with E-state index in [-0.39, 0.29) is 5.69 Å². The van der Waals surface area contributed by atoms with Crippen molar-refractivity contribution in [2.75, 3.05) is 5.32 Å². The second kappa shape index (κ2) is 7.59. The average molecular weight is 456 g/mol. The zero-order valence-corrected chi connectivity index (χ0v) is 17.1. The van der Waals surface area contributed by atoms with E-state index < -0.39 is 11.7 Å². The van der Waals surface area contributed by atoms with Gasteiger partial charge in [-0.15, -0.1) is 0 Å². The Kier molecular flexibility index (Phi) is 4.98. The lowest BCUT2D eigenvalue weighted by Crippen LogP contribution is -2.13. The van der Waals surface area contributed by atoms with Crippen molar-refractivity contribution in [3.8, 4) is 17.1 Å². The van der Waals surface area contributed by atoms with Crippen LogP contribution >= 0.6 is 15.9 Å². The number of benzene rings is 2. The molecule has 1 amide bonds. The van der Waals surface area contributed by atoms with Crippen LogP contribution in [-0.2, 0) is 0 Å². The van der Waals surface area contributed by atoms with Crippen molar-refractivity contribution in [3.05, 3.63) is 76.1 Å². The Balaban J connectivity index is 1.56. The normalized spacial score (nSPS) is 10.9. The van der Waals surface area contributed by atoms with Gasteiger partial charge in [-0.3, -0.25) is 4.79 Å². The van der Waals surface area contributed by atoms with Crippen LogP contribution in [0.25, 0.3) is 17.1 Å². The van der Waals surface area contributed by atoms with E-state index in [2.05, 4.69) is 36.5 Å². The fourth-order valence-corrected chi connectivity index (χ4v) is 3.11. The number of rotatable bonds is 4. The summed E-state index contributed by atoms with van der Waals surface area (Å²) in [6.45, 7) is 3.45. The fourth-order valence-electron chi connectivity index (χ4n) is 2.78. The van der Waals surface area contributed by atoms with Crippen LogP contribution in [0.4, 0.5) is 10.1 Å². The van der Waals surface area contributed by atoms with Crippen LogP contribution < -0.4 is 5.32 Å². The summed E-state index contributed by atoms with van der Waals surface area (Å²) >= 11 is 3.19. The maximum Gasteiger partial charge on any atom is 0.259 e. The largest absolute Gasteiger partial charge is 0.339 e. The number of anilines is 1. The number of halogens is 2. The summed E-state index contributed by atoms with van der Waals surface area (Å²) < 4.78 is 21.2. The van der Waals surface area contributed by atoms with Crippen LogP contribution in [0.15, 0.2) is 57.7 Å². The number of nitrogens with one attached hydrogen (secondary N) is 1. The summed E-state index contributed by atoms with van der Waals surface area (Å²) in [7, 11) is 0. The monoisotopic (exact) mass is 455 g/mol. The van der Waals surface area contributed by atoms with Gasteiger partial charge in [-0.05, 0) is 49.4 Å². The lowest BCUT2D eigenvalue weighted by Gasteiger charge is -2.06. The molecule has 29 heavy (non-hydrogen) atoms. The van der Waals surface area contributed by atoms with Crippen molar-refractivity contribution in [2.24, 2.45) is 0 Å². The molecule has 4 aromatic rings. The Labute approximate surface area is 173 Å². The molecule has 2 heterocycles. The van der Waals surface area contributed by atoms with Crippen molar-refractivity contribution in [1.29, 1.82) is 0 Å². The Morgan fingerprint density at radius 3 is 2.59 bits per heavy atom. The molecule has 0 atom stereocenters. The Hall–Kier alpha value is -3.33. The molecule has 7 nitrogen and oxygen atoms in total. The number of aromatic nitrogens is 4. The zero-order chi connectivity index (χ0) is 20.5. The minimum absolute atomic E-state index is 0.102. The van der Waals surface area contributed by atoms with E-state index >= 15 is 0 Å². The fraction of sp³-hybridized carbons (Fsp3) is 0.100. The van der Waals surface area contributed by atoms with E-state index in [4.69, 9.17) is 4.52 Å². The molecule has 4 rings (SSSR count). The summed E-state index contributed by atoms with van der Waals surface area (Å²) in [6.07, 6.45) is 1.61. The first-order chi connectivity index (χ1) is 13.9. The van der Waals surface area contributed by atoms with Gasteiger partial charge in [0.05, 0.1) is 22.6 Å². The van der Waals surface area contributed by atoms with Gasteiger partial charge in [0.2, 0.25) is 11.7 Å². The molecule has 0 unspecified atom stereocenters. The predicted octanol–water partition coefficient (Wildman–Crippen LogP) is 4.69. The quantitative estimate of drug-likeness (QED) is 0.482. The van der Waals surface area contributed by atoms with Crippen LogP contribution in [0.3, 0.4) is 0 Å². The Bertz CT molecular complexity index is 1200. The highest BCUT2D eigenvalue weighted by Gasteiger charge is 2.16. The summed E-state index contributed by atoms with van der Waals surface area (Å²) in [5.74, 6) is 0.0332. The third kappa shape index (κ3) is 3.95. The molecule has 0 saturated heterocycles. The van der Waals surface area contributed by atoms with Crippen LogP contribution in [-0.4, -0.2) is 25.8 Å². The number of hydrogen-bond acceptors (Lipinski definition) is 5. The Morgan fingerprint density at radius 2 is 1.93 bits per heavy atom. The third-order valence-electron chi connectivity index (χ3n) is 4.24. The maximum absolute atomic E-state index is 14.0. The molecule has 2 aromatic carbocycles. The van der Waals surface area contributed by atoms with Gasteiger partial charge in [-0.25, -0.2) is 9.07 Å². The summed E-state index contributed by atoms with van der Waals surface area (Å²) in [6, 6.07) is 11.8. The second-order valence-corrected chi connectivity index (χ2v) is 7.25. The van der Waals surface area contributed by atoms with Crippen LogP contribution in [0.2, 0.25) is 0 Å². The molecule has 2 aromatic heterocycles. The van der Waals surface area contributed by atoms with E-state index in [9.17, 15) is 9.18 Å². The Morgan fingerprint density at radius 1 is 1.17 bits per heavy atom. The number of carbonyl (C=O) groups is 1. The number of nitrogens with zero attached hydrogens (tertiary/aromatic N) is 4. The predicted molar refractivity (Wildman–Crippen MR) is 108 cm³/mol.